The van der Waals surface area contributed by atoms with E-state index in [9.17, 15) is 4.79 Å². The Labute approximate surface area is 130 Å². The zero-order valence-corrected chi connectivity index (χ0v) is 12.8. The molecule has 0 spiro atoms. The van der Waals surface area contributed by atoms with Crippen LogP contribution in [0.25, 0.3) is 10.4 Å². The first-order valence-electron chi connectivity index (χ1n) is 8.11. The molecular weight excluding hydrogens is 276 g/mol. The van der Waals surface area contributed by atoms with Crippen LogP contribution in [0.15, 0.2) is 35.4 Å². The van der Waals surface area contributed by atoms with Crippen molar-refractivity contribution >= 4 is 5.78 Å². The second-order valence-corrected chi connectivity index (χ2v) is 6.36. The van der Waals surface area contributed by atoms with Gasteiger partial charge in [0, 0.05) is 29.3 Å². The molecule has 0 radical (unpaired) electrons. The summed E-state index contributed by atoms with van der Waals surface area (Å²) in [6, 6.07) is 10.7. The Balaban J connectivity index is 1.84. The fourth-order valence-electron chi connectivity index (χ4n) is 3.96. The number of Topliss-reactive ketones (excluding diaryl/α,β-unsaturated/α-hetero) is 1. The molecule has 3 rings (SSSR count). The number of hydrogen-bond donors (Lipinski definition) is 0. The fourth-order valence-corrected chi connectivity index (χ4v) is 3.96. The SMILES string of the molecule is [N-]=[N+]=NC1CCN(C2(c3ccccc3)CCC(=O)CC2)CC1. The van der Waals surface area contributed by atoms with E-state index in [1.54, 1.807) is 0 Å². The minimum atomic E-state index is -0.0174. The Morgan fingerprint density at radius 1 is 1.14 bits per heavy atom. The number of benzene rings is 1. The monoisotopic (exact) mass is 298 g/mol. The van der Waals surface area contributed by atoms with Crippen LogP contribution in [0.5, 0.6) is 0 Å². The molecule has 0 aromatic heterocycles. The lowest BCUT2D eigenvalue weighted by atomic mass is 9.74. The van der Waals surface area contributed by atoms with E-state index in [1.165, 1.54) is 5.56 Å². The molecule has 1 saturated heterocycles. The lowest BCUT2D eigenvalue weighted by Gasteiger charge is -2.49. The second-order valence-electron chi connectivity index (χ2n) is 6.36. The lowest BCUT2D eigenvalue weighted by molar-refractivity contribution is -0.123. The van der Waals surface area contributed by atoms with E-state index >= 15 is 0 Å². The van der Waals surface area contributed by atoms with Crippen LogP contribution in [0.1, 0.15) is 44.1 Å². The summed E-state index contributed by atoms with van der Waals surface area (Å²) in [5.74, 6) is 0.385. The first-order chi connectivity index (χ1) is 10.7. The lowest BCUT2D eigenvalue weighted by Crippen LogP contribution is -2.52. The standard InChI is InChI=1S/C17H22N4O/c18-20-19-15-8-12-21(13-9-15)17(10-6-16(22)7-11-17)14-4-2-1-3-5-14/h1-5,15H,6-13H2. The number of ketones is 1. The summed E-state index contributed by atoms with van der Waals surface area (Å²) in [6.45, 7) is 1.87. The normalized spacial score (nSPS) is 23.0. The van der Waals surface area contributed by atoms with Crippen LogP contribution in [0.3, 0.4) is 0 Å². The van der Waals surface area contributed by atoms with Gasteiger partial charge in [-0.15, -0.1) is 0 Å². The number of hydrogen-bond acceptors (Lipinski definition) is 3. The van der Waals surface area contributed by atoms with Crippen molar-refractivity contribution in [3.63, 3.8) is 0 Å². The average molecular weight is 298 g/mol. The molecule has 1 aromatic rings. The van der Waals surface area contributed by atoms with Crippen molar-refractivity contribution in [2.75, 3.05) is 13.1 Å². The van der Waals surface area contributed by atoms with Gasteiger partial charge in [0.2, 0.25) is 0 Å². The van der Waals surface area contributed by atoms with Crippen molar-refractivity contribution in [1.82, 2.24) is 4.90 Å². The van der Waals surface area contributed by atoms with Crippen molar-refractivity contribution in [1.29, 1.82) is 0 Å². The zero-order valence-electron chi connectivity index (χ0n) is 12.8. The van der Waals surface area contributed by atoms with Crippen LogP contribution in [0.4, 0.5) is 0 Å². The molecule has 0 bridgehead atoms. The number of nitrogens with zero attached hydrogens (tertiary/aromatic N) is 4. The van der Waals surface area contributed by atoms with Crippen LogP contribution in [-0.2, 0) is 10.3 Å². The Morgan fingerprint density at radius 2 is 1.77 bits per heavy atom. The van der Waals surface area contributed by atoms with Gasteiger partial charge >= 0.3 is 0 Å². The molecule has 116 valence electrons. The summed E-state index contributed by atoms with van der Waals surface area (Å²) >= 11 is 0. The maximum Gasteiger partial charge on any atom is 0.133 e. The van der Waals surface area contributed by atoms with Crippen LogP contribution >= 0.6 is 0 Å². The molecular formula is C17H22N4O. The van der Waals surface area contributed by atoms with Crippen LogP contribution in [0, 0.1) is 0 Å². The van der Waals surface area contributed by atoms with Gasteiger partial charge in [-0.05, 0) is 49.9 Å². The van der Waals surface area contributed by atoms with Gasteiger partial charge in [0.05, 0.1) is 0 Å². The minimum absolute atomic E-state index is 0.0174. The maximum absolute atomic E-state index is 11.7. The van der Waals surface area contributed by atoms with Crippen LogP contribution in [-0.4, -0.2) is 29.8 Å². The Kier molecular flexibility index (Phi) is 4.46. The molecule has 5 nitrogen and oxygen atoms in total. The molecule has 22 heavy (non-hydrogen) atoms. The van der Waals surface area contributed by atoms with Crippen molar-refractivity contribution in [3.05, 3.63) is 46.3 Å². The third kappa shape index (κ3) is 2.87. The predicted octanol–water partition coefficient (Wildman–Crippen LogP) is 3.80. The van der Waals surface area contributed by atoms with Crippen LogP contribution < -0.4 is 0 Å². The highest BCUT2D eigenvalue weighted by atomic mass is 16.1. The summed E-state index contributed by atoms with van der Waals surface area (Å²) < 4.78 is 0. The quantitative estimate of drug-likeness (QED) is 0.484. The van der Waals surface area contributed by atoms with E-state index in [0.29, 0.717) is 18.6 Å². The van der Waals surface area contributed by atoms with Gasteiger partial charge in [-0.2, -0.15) is 0 Å². The molecule has 2 fully saturated rings. The maximum atomic E-state index is 11.7. The summed E-state index contributed by atoms with van der Waals surface area (Å²) in [7, 11) is 0. The average Bonchev–Trinajstić information content (AvgIpc) is 2.58. The molecule has 0 N–H and O–H groups in total. The Morgan fingerprint density at radius 3 is 2.36 bits per heavy atom. The van der Waals surface area contributed by atoms with Crippen molar-refractivity contribution in [2.45, 2.75) is 50.1 Å². The van der Waals surface area contributed by atoms with E-state index in [1.807, 2.05) is 6.07 Å². The third-order valence-corrected chi connectivity index (χ3v) is 5.23. The second kappa shape index (κ2) is 6.51. The Bertz CT molecular complexity index is 562. The van der Waals surface area contributed by atoms with Crippen molar-refractivity contribution in [2.24, 2.45) is 5.11 Å². The summed E-state index contributed by atoms with van der Waals surface area (Å²) in [6.07, 6.45) is 4.97. The van der Waals surface area contributed by atoms with Gasteiger partial charge < -0.3 is 0 Å². The summed E-state index contributed by atoms with van der Waals surface area (Å²) in [5, 5.41) is 3.87. The van der Waals surface area contributed by atoms with E-state index in [4.69, 9.17) is 5.53 Å². The highest BCUT2D eigenvalue weighted by Crippen LogP contribution is 2.42. The van der Waals surface area contributed by atoms with Gasteiger partial charge in [0.1, 0.15) is 5.78 Å². The number of piperidine rings is 1. The largest absolute Gasteiger partial charge is 0.300 e. The first-order valence-corrected chi connectivity index (χ1v) is 8.11. The molecule has 0 unspecified atom stereocenters. The number of likely N-dealkylation sites (tertiary alicyclic amines) is 1. The molecule has 1 saturated carbocycles. The van der Waals surface area contributed by atoms with Gasteiger partial charge in [-0.1, -0.05) is 35.4 Å². The summed E-state index contributed by atoms with van der Waals surface area (Å²) in [5.41, 5.74) is 9.90. The van der Waals surface area contributed by atoms with Gasteiger partial charge in [0.25, 0.3) is 0 Å². The smallest absolute Gasteiger partial charge is 0.133 e. The molecule has 1 aliphatic carbocycles. The molecule has 1 aliphatic heterocycles. The van der Waals surface area contributed by atoms with Gasteiger partial charge in [-0.3, -0.25) is 9.69 Å². The van der Waals surface area contributed by atoms with Crippen molar-refractivity contribution < 1.29 is 4.79 Å². The van der Waals surface area contributed by atoms with Crippen LogP contribution in [0.2, 0.25) is 0 Å². The van der Waals surface area contributed by atoms with E-state index in [-0.39, 0.29) is 11.6 Å². The third-order valence-electron chi connectivity index (χ3n) is 5.23. The number of azide groups is 1. The topological polar surface area (TPSA) is 69.1 Å². The highest BCUT2D eigenvalue weighted by molar-refractivity contribution is 5.79. The molecule has 1 heterocycles. The predicted molar refractivity (Wildman–Crippen MR) is 85.3 cm³/mol. The molecule has 1 aromatic carbocycles. The highest BCUT2D eigenvalue weighted by Gasteiger charge is 2.42. The number of rotatable bonds is 3. The summed E-state index contributed by atoms with van der Waals surface area (Å²) in [4.78, 5) is 17.2. The first kappa shape index (κ1) is 15.1. The zero-order chi connectivity index (χ0) is 15.4. The van der Waals surface area contributed by atoms with E-state index < -0.39 is 0 Å². The number of carbonyl (C=O) groups excluding carboxylic acids is 1. The molecule has 2 aliphatic rings. The van der Waals surface area contributed by atoms with Gasteiger partial charge in [-0.25, -0.2) is 0 Å². The van der Waals surface area contributed by atoms with Gasteiger partial charge in [0.15, 0.2) is 0 Å². The molecule has 0 atom stereocenters. The molecule has 5 heteroatoms. The van der Waals surface area contributed by atoms with E-state index in [0.717, 1.165) is 38.8 Å². The van der Waals surface area contributed by atoms with E-state index in [2.05, 4.69) is 39.2 Å². The van der Waals surface area contributed by atoms with Crippen molar-refractivity contribution in [3.8, 4) is 0 Å². The fraction of sp³-hybridized carbons (Fsp3) is 0.588. The Hall–Kier alpha value is -1.84. The molecule has 0 amide bonds. The minimum Gasteiger partial charge on any atom is -0.300 e. The number of carbonyl (C=O) groups is 1.